The smallest absolute Gasteiger partial charge is 0.223 e. The van der Waals surface area contributed by atoms with Gasteiger partial charge in [-0.15, -0.1) is 0 Å². The van der Waals surface area contributed by atoms with Crippen LogP contribution >= 0.6 is 0 Å². The predicted octanol–water partition coefficient (Wildman–Crippen LogP) is 2.94. The van der Waals surface area contributed by atoms with Gasteiger partial charge in [-0.2, -0.15) is 0 Å². The summed E-state index contributed by atoms with van der Waals surface area (Å²) >= 11 is 0. The molecule has 1 N–H and O–H groups in total. The fraction of sp³-hybridized carbons (Fsp3) is 0.611. The molecule has 2 aliphatic rings. The van der Waals surface area contributed by atoms with Gasteiger partial charge in [-0.25, -0.2) is 0 Å². The Morgan fingerprint density at radius 1 is 1.10 bits per heavy atom. The van der Waals surface area contributed by atoms with Gasteiger partial charge in [-0.1, -0.05) is 30.3 Å². The molecule has 1 amide bonds. The lowest BCUT2D eigenvalue weighted by Gasteiger charge is -2.23. The highest BCUT2D eigenvalue weighted by Crippen LogP contribution is 2.29. The minimum Gasteiger partial charge on any atom is -0.381 e. The fourth-order valence-electron chi connectivity index (χ4n) is 3.62. The first-order valence-corrected chi connectivity index (χ1v) is 8.23. The summed E-state index contributed by atoms with van der Waals surface area (Å²) in [7, 11) is 0. The molecule has 0 unspecified atom stereocenters. The van der Waals surface area contributed by atoms with Crippen LogP contribution in [0.3, 0.4) is 0 Å². The highest BCUT2D eigenvalue weighted by Gasteiger charge is 2.29. The molecular weight excluding hydrogens is 262 g/mol. The Labute approximate surface area is 127 Å². The Balaban J connectivity index is 1.45. The summed E-state index contributed by atoms with van der Waals surface area (Å²) in [5, 5.41) is 3.27. The molecule has 0 spiro atoms. The van der Waals surface area contributed by atoms with Gasteiger partial charge in [0.05, 0.1) is 0 Å². The number of hydrogen-bond acceptors (Lipinski definition) is 2. The van der Waals surface area contributed by atoms with E-state index in [1.807, 2.05) is 0 Å². The van der Waals surface area contributed by atoms with E-state index in [1.54, 1.807) is 0 Å². The van der Waals surface area contributed by atoms with Crippen molar-refractivity contribution in [2.24, 2.45) is 11.8 Å². The molecule has 3 nitrogen and oxygen atoms in total. The van der Waals surface area contributed by atoms with E-state index in [-0.39, 0.29) is 11.8 Å². The number of benzene rings is 1. The molecule has 0 aromatic heterocycles. The quantitative estimate of drug-likeness (QED) is 0.924. The highest BCUT2D eigenvalue weighted by atomic mass is 16.5. The van der Waals surface area contributed by atoms with Crippen LogP contribution in [0.2, 0.25) is 0 Å². The van der Waals surface area contributed by atoms with Crippen molar-refractivity contribution in [1.82, 2.24) is 5.32 Å². The van der Waals surface area contributed by atoms with Crippen molar-refractivity contribution >= 4 is 5.91 Å². The molecule has 1 saturated carbocycles. The highest BCUT2D eigenvalue weighted by molar-refractivity contribution is 5.79. The fourth-order valence-corrected chi connectivity index (χ4v) is 3.62. The van der Waals surface area contributed by atoms with Crippen molar-refractivity contribution < 1.29 is 9.53 Å². The van der Waals surface area contributed by atoms with E-state index < -0.39 is 0 Å². The first-order valence-electron chi connectivity index (χ1n) is 8.23. The van der Waals surface area contributed by atoms with Crippen LogP contribution < -0.4 is 5.32 Å². The summed E-state index contributed by atoms with van der Waals surface area (Å²) in [6, 6.07) is 11.1. The second kappa shape index (κ2) is 7.08. The van der Waals surface area contributed by atoms with E-state index in [4.69, 9.17) is 4.74 Å². The topological polar surface area (TPSA) is 38.3 Å². The van der Waals surface area contributed by atoms with Crippen LogP contribution in [0.4, 0.5) is 0 Å². The van der Waals surface area contributed by atoms with Crippen LogP contribution in [-0.2, 0) is 16.0 Å². The van der Waals surface area contributed by atoms with Gasteiger partial charge in [0.15, 0.2) is 0 Å². The summed E-state index contributed by atoms with van der Waals surface area (Å²) in [6.45, 7) is 1.47. The summed E-state index contributed by atoms with van der Waals surface area (Å²) < 4.78 is 5.32. The van der Waals surface area contributed by atoms with E-state index >= 15 is 0 Å². The third-order valence-corrected chi connectivity index (χ3v) is 4.85. The molecule has 1 saturated heterocycles. The Hall–Kier alpha value is -1.35. The normalized spacial score (nSPS) is 26.7. The first kappa shape index (κ1) is 14.6. The minimum atomic E-state index is 0.173. The monoisotopic (exact) mass is 287 g/mol. The number of hydrogen-bond donors (Lipinski definition) is 1. The number of amides is 1. The van der Waals surface area contributed by atoms with Gasteiger partial charge >= 0.3 is 0 Å². The van der Waals surface area contributed by atoms with Crippen molar-refractivity contribution in [3.63, 3.8) is 0 Å². The van der Waals surface area contributed by atoms with Gasteiger partial charge in [0.1, 0.15) is 0 Å². The van der Waals surface area contributed by atoms with Crippen LogP contribution in [0.1, 0.15) is 37.7 Å². The summed E-state index contributed by atoms with van der Waals surface area (Å²) in [5.41, 5.74) is 1.42. The number of carbonyl (C=O) groups excluding carboxylic acids is 1. The molecule has 0 radical (unpaired) electrons. The zero-order valence-corrected chi connectivity index (χ0v) is 12.6. The maximum Gasteiger partial charge on any atom is 0.223 e. The first-order chi connectivity index (χ1) is 10.3. The van der Waals surface area contributed by atoms with E-state index in [0.29, 0.717) is 12.0 Å². The molecule has 3 heteroatoms. The van der Waals surface area contributed by atoms with Gasteiger partial charge in [0.2, 0.25) is 5.91 Å². The van der Waals surface area contributed by atoms with Crippen molar-refractivity contribution in [2.45, 2.75) is 44.6 Å². The number of carbonyl (C=O) groups is 1. The SMILES string of the molecule is O=C(N[C@H]1CC[C@H](Cc2ccccc2)C1)C1CCOCC1. The average molecular weight is 287 g/mol. The molecule has 2 fully saturated rings. The standard InChI is InChI=1S/C18H25NO2/c20-18(16-8-10-21-11-9-16)19-17-7-6-15(13-17)12-14-4-2-1-3-5-14/h1-5,15-17H,6-13H2,(H,19,20)/t15-,17+/m1/s1. The Morgan fingerprint density at radius 3 is 2.62 bits per heavy atom. The van der Waals surface area contributed by atoms with Gasteiger partial charge in [-0.3, -0.25) is 4.79 Å². The molecule has 1 heterocycles. The maximum absolute atomic E-state index is 12.3. The number of ether oxygens (including phenoxy) is 1. The third kappa shape index (κ3) is 4.07. The Bertz CT molecular complexity index is 454. The van der Waals surface area contributed by atoms with Gasteiger partial charge in [-0.05, 0) is 50.0 Å². The molecule has 1 aromatic carbocycles. The molecule has 21 heavy (non-hydrogen) atoms. The van der Waals surface area contributed by atoms with Gasteiger partial charge in [0, 0.05) is 25.2 Å². The van der Waals surface area contributed by atoms with Gasteiger partial charge < -0.3 is 10.1 Å². The largest absolute Gasteiger partial charge is 0.381 e. The van der Waals surface area contributed by atoms with E-state index in [0.717, 1.165) is 45.3 Å². The molecule has 114 valence electrons. The lowest BCUT2D eigenvalue weighted by molar-refractivity contribution is -0.128. The second-order valence-corrected chi connectivity index (χ2v) is 6.46. The van der Waals surface area contributed by atoms with Crippen molar-refractivity contribution in [1.29, 1.82) is 0 Å². The molecular formula is C18H25NO2. The zero-order valence-electron chi connectivity index (χ0n) is 12.6. The molecule has 2 atom stereocenters. The summed E-state index contributed by atoms with van der Waals surface area (Å²) in [5.74, 6) is 1.14. The van der Waals surface area contributed by atoms with E-state index in [2.05, 4.69) is 35.6 Å². The van der Waals surface area contributed by atoms with Crippen LogP contribution in [0.25, 0.3) is 0 Å². The third-order valence-electron chi connectivity index (χ3n) is 4.85. The van der Waals surface area contributed by atoms with Crippen molar-refractivity contribution in [3.8, 4) is 0 Å². The molecule has 0 bridgehead atoms. The second-order valence-electron chi connectivity index (χ2n) is 6.46. The van der Waals surface area contributed by atoms with Crippen LogP contribution in [0.15, 0.2) is 30.3 Å². The molecule has 3 rings (SSSR count). The van der Waals surface area contributed by atoms with Crippen molar-refractivity contribution in [2.75, 3.05) is 13.2 Å². The summed E-state index contributed by atoms with van der Waals surface area (Å²) in [4.78, 5) is 12.3. The van der Waals surface area contributed by atoms with Crippen molar-refractivity contribution in [3.05, 3.63) is 35.9 Å². The average Bonchev–Trinajstić information content (AvgIpc) is 2.96. The van der Waals surface area contributed by atoms with E-state index in [1.165, 1.54) is 12.0 Å². The van der Waals surface area contributed by atoms with Crippen LogP contribution in [-0.4, -0.2) is 25.2 Å². The molecule has 1 aliphatic heterocycles. The molecule has 1 aromatic rings. The number of nitrogens with one attached hydrogen (secondary N) is 1. The minimum absolute atomic E-state index is 0.173. The maximum atomic E-state index is 12.3. The summed E-state index contributed by atoms with van der Waals surface area (Å²) in [6.07, 6.45) is 6.40. The molecule has 1 aliphatic carbocycles. The van der Waals surface area contributed by atoms with E-state index in [9.17, 15) is 4.79 Å². The lowest BCUT2D eigenvalue weighted by atomic mass is 9.97. The lowest BCUT2D eigenvalue weighted by Crippen LogP contribution is -2.39. The zero-order chi connectivity index (χ0) is 14.5. The number of rotatable bonds is 4. The van der Waals surface area contributed by atoms with Crippen LogP contribution in [0, 0.1) is 11.8 Å². The predicted molar refractivity (Wildman–Crippen MR) is 83.0 cm³/mol. The Kier molecular flexibility index (Phi) is 4.91. The Morgan fingerprint density at radius 2 is 1.86 bits per heavy atom. The van der Waals surface area contributed by atoms with Gasteiger partial charge in [0.25, 0.3) is 0 Å². The van der Waals surface area contributed by atoms with Crippen LogP contribution in [0.5, 0.6) is 0 Å².